The summed E-state index contributed by atoms with van der Waals surface area (Å²) in [6, 6.07) is 8.43. The van der Waals surface area contributed by atoms with Crippen LogP contribution < -0.4 is 14.4 Å². The molecule has 0 saturated heterocycles. The summed E-state index contributed by atoms with van der Waals surface area (Å²) in [5.74, 6) is 0.357. The van der Waals surface area contributed by atoms with E-state index >= 15 is 0 Å². The average Bonchev–Trinajstić information content (AvgIpc) is 2.57. The van der Waals surface area contributed by atoms with Gasteiger partial charge in [-0.1, -0.05) is 17.7 Å². The van der Waals surface area contributed by atoms with Crippen molar-refractivity contribution in [3.05, 3.63) is 47.0 Å². The summed E-state index contributed by atoms with van der Waals surface area (Å²) in [6.45, 7) is 7.95. The molecule has 0 aromatic heterocycles. The normalized spacial score (nSPS) is 13.8. The number of rotatable bonds is 3. The van der Waals surface area contributed by atoms with E-state index in [0.29, 0.717) is 30.3 Å². The first-order valence-electron chi connectivity index (χ1n) is 8.34. The molecule has 1 amide bonds. The Bertz CT molecular complexity index is 960. The first kappa shape index (κ1) is 18.3. The number of anilines is 2. The van der Waals surface area contributed by atoms with E-state index in [9.17, 15) is 13.2 Å². The molecule has 26 heavy (non-hydrogen) atoms. The Balaban J connectivity index is 2.01. The maximum atomic E-state index is 12.9. The third-order valence-corrected chi connectivity index (χ3v) is 5.74. The van der Waals surface area contributed by atoms with Crippen LogP contribution in [0.5, 0.6) is 5.75 Å². The van der Waals surface area contributed by atoms with E-state index in [1.165, 1.54) is 24.0 Å². The van der Waals surface area contributed by atoms with Gasteiger partial charge >= 0.3 is 0 Å². The van der Waals surface area contributed by atoms with Crippen LogP contribution in [0.1, 0.15) is 23.6 Å². The molecule has 1 aliphatic rings. The molecule has 0 atom stereocenters. The van der Waals surface area contributed by atoms with E-state index in [1.807, 2.05) is 32.9 Å². The van der Waals surface area contributed by atoms with E-state index in [4.69, 9.17) is 4.74 Å². The molecule has 0 fully saturated rings. The summed E-state index contributed by atoms with van der Waals surface area (Å²) in [7, 11) is -3.80. The van der Waals surface area contributed by atoms with Gasteiger partial charge in [-0.25, -0.2) is 8.42 Å². The highest BCUT2D eigenvalue weighted by Gasteiger charge is 2.25. The number of aryl methyl sites for hydroxylation is 3. The largest absolute Gasteiger partial charge is 0.490 e. The fourth-order valence-electron chi connectivity index (χ4n) is 3.23. The number of hydrogen-bond donors (Lipinski definition) is 1. The van der Waals surface area contributed by atoms with Gasteiger partial charge in [0.25, 0.3) is 10.0 Å². The van der Waals surface area contributed by atoms with Crippen LogP contribution in [0.3, 0.4) is 0 Å². The number of carbonyl (C=O) groups is 1. The van der Waals surface area contributed by atoms with Gasteiger partial charge in [0, 0.05) is 6.92 Å². The van der Waals surface area contributed by atoms with Crippen LogP contribution in [-0.2, 0) is 14.8 Å². The first-order valence-corrected chi connectivity index (χ1v) is 9.83. The van der Waals surface area contributed by atoms with E-state index in [0.717, 1.165) is 16.7 Å². The Labute approximate surface area is 153 Å². The monoisotopic (exact) mass is 374 g/mol. The first-order chi connectivity index (χ1) is 12.2. The van der Waals surface area contributed by atoms with Crippen molar-refractivity contribution < 1.29 is 17.9 Å². The fourth-order valence-corrected chi connectivity index (χ4v) is 4.45. The number of nitrogens with one attached hydrogen (secondary N) is 1. The van der Waals surface area contributed by atoms with Crippen LogP contribution >= 0.6 is 0 Å². The molecule has 1 heterocycles. The predicted octanol–water partition coefficient (Wildman–Crippen LogP) is 3.16. The van der Waals surface area contributed by atoms with Gasteiger partial charge in [0.1, 0.15) is 12.4 Å². The molecule has 0 saturated carbocycles. The van der Waals surface area contributed by atoms with E-state index < -0.39 is 10.0 Å². The number of fused-ring (bicyclic) bond motifs is 1. The Morgan fingerprint density at radius 1 is 1.12 bits per heavy atom. The highest BCUT2D eigenvalue weighted by atomic mass is 32.2. The minimum absolute atomic E-state index is 0.0902. The number of hydrogen-bond acceptors (Lipinski definition) is 4. The number of carbonyl (C=O) groups excluding carboxylic acids is 1. The maximum Gasteiger partial charge on any atom is 0.261 e. The van der Waals surface area contributed by atoms with Crippen molar-refractivity contribution in [2.24, 2.45) is 0 Å². The van der Waals surface area contributed by atoms with Gasteiger partial charge in [-0.05, 0) is 50.1 Å². The second-order valence-electron chi connectivity index (χ2n) is 6.53. The zero-order valence-electron chi connectivity index (χ0n) is 15.3. The van der Waals surface area contributed by atoms with Gasteiger partial charge < -0.3 is 9.64 Å². The smallest absolute Gasteiger partial charge is 0.261 e. The van der Waals surface area contributed by atoms with E-state index in [1.54, 1.807) is 6.07 Å². The number of benzene rings is 2. The van der Waals surface area contributed by atoms with Gasteiger partial charge in [-0.2, -0.15) is 0 Å². The molecular weight excluding hydrogens is 352 g/mol. The van der Waals surface area contributed by atoms with Crippen molar-refractivity contribution in [1.82, 2.24) is 0 Å². The van der Waals surface area contributed by atoms with Crippen LogP contribution in [0.25, 0.3) is 0 Å². The van der Waals surface area contributed by atoms with Crippen molar-refractivity contribution in [3.63, 3.8) is 0 Å². The van der Waals surface area contributed by atoms with Gasteiger partial charge in [-0.3, -0.25) is 9.52 Å². The second-order valence-corrected chi connectivity index (χ2v) is 8.21. The zero-order valence-corrected chi connectivity index (χ0v) is 16.1. The summed E-state index contributed by atoms with van der Waals surface area (Å²) in [6.07, 6.45) is 0. The van der Waals surface area contributed by atoms with Crippen LogP contribution in [-0.4, -0.2) is 27.5 Å². The van der Waals surface area contributed by atoms with Gasteiger partial charge in [0.15, 0.2) is 0 Å². The molecule has 0 bridgehead atoms. The van der Waals surface area contributed by atoms with Crippen molar-refractivity contribution in [3.8, 4) is 5.75 Å². The molecule has 0 aliphatic carbocycles. The molecule has 0 spiro atoms. The molecule has 1 aliphatic heterocycles. The summed E-state index contributed by atoms with van der Waals surface area (Å²) in [5.41, 5.74) is 3.85. The predicted molar refractivity (Wildman–Crippen MR) is 101 cm³/mol. The zero-order chi connectivity index (χ0) is 19.1. The fraction of sp³-hybridized carbons (Fsp3) is 0.316. The SMILES string of the molecule is CC(=O)N1CCOc2ccc(S(=O)(=O)Nc3c(C)cc(C)cc3C)cc21. The molecule has 0 radical (unpaired) electrons. The molecule has 0 unspecified atom stereocenters. The minimum Gasteiger partial charge on any atom is -0.490 e. The molecular formula is C19H22N2O4S. The Kier molecular flexibility index (Phi) is 4.66. The van der Waals surface area contributed by atoms with Crippen molar-refractivity contribution in [1.29, 1.82) is 0 Å². The topological polar surface area (TPSA) is 75.7 Å². The van der Waals surface area contributed by atoms with Gasteiger partial charge in [-0.15, -0.1) is 0 Å². The summed E-state index contributed by atoms with van der Waals surface area (Å²) < 4.78 is 34.0. The Morgan fingerprint density at radius 2 is 1.77 bits per heavy atom. The second kappa shape index (κ2) is 6.64. The van der Waals surface area contributed by atoms with E-state index in [-0.39, 0.29) is 10.8 Å². The van der Waals surface area contributed by atoms with Crippen molar-refractivity contribution in [2.75, 3.05) is 22.8 Å². The number of amides is 1. The quantitative estimate of drug-likeness (QED) is 0.895. The summed E-state index contributed by atoms with van der Waals surface area (Å²) in [4.78, 5) is 13.5. The Morgan fingerprint density at radius 3 is 2.38 bits per heavy atom. The maximum absolute atomic E-state index is 12.9. The molecule has 3 rings (SSSR count). The molecule has 2 aromatic carbocycles. The molecule has 6 nitrogen and oxygen atoms in total. The summed E-state index contributed by atoms with van der Waals surface area (Å²) in [5, 5.41) is 0. The highest BCUT2D eigenvalue weighted by Crippen LogP contribution is 2.34. The van der Waals surface area contributed by atoms with Crippen molar-refractivity contribution >= 4 is 27.3 Å². The van der Waals surface area contributed by atoms with Gasteiger partial charge in [0.05, 0.1) is 22.8 Å². The van der Waals surface area contributed by atoms with E-state index in [2.05, 4.69) is 4.72 Å². The summed E-state index contributed by atoms with van der Waals surface area (Å²) >= 11 is 0. The van der Waals surface area contributed by atoms with Crippen LogP contribution in [0.2, 0.25) is 0 Å². The van der Waals surface area contributed by atoms with Crippen LogP contribution in [0.15, 0.2) is 35.2 Å². The molecule has 7 heteroatoms. The lowest BCUT2D eigenvalue weighted by Crippen LogP contribution is -2.36. The minimum atomic E-state index is -3.80. The van der Waals surface area contributed by atoms with Crippen LogP contribution in [0.4, 0.5) is 11.4 Å². The lowest BCUT2D eigenvalue weighted by atomic mass is 10.1. The Hall–Kier alpha value is -2.54. The van der Waals surface area contributed by atoms with Crippen molar-refractivity contribution in [2.45, 2.75) is 32.6 Å². The average molecular weight is 374 g/mol. The molecule has 138 valence electrons. The molecule has 1 N–H and O–H groups in total. The standard InChI is InChI=1S/C19H22N2O4S/c1-12-9-13(2)19(14(3)10-12)20-26(23,24)16-5-6-18-17(11-16)21(15(4)22)7-8-25-18/h5-6,9-11,20H,7-8H2,1-4H3. The van der Waals surface area contributed by atoms with Crippen LogP contribution in [0, 0.1) is 20.8 Å². The third kappa shape index (κ3) is 3.39. The lowest BCUT2D eigenvalue weighted by Gasteiger charge is -2.29. The highest BCUT2D eigenvalue weighted by molar-refractivity contribution is 7.92. The molecule has 2 aromatic rings. The number of nitrogens with zero attached hydrogens (tertiary/aromatic N) is 1. The third-order valence-electron chi connectivity index (χ3n) is 4.40. The lowest BCUT2D eigenvalue weighted by molar-refractivity contribution is -0.116. The number of ether oxygens (including phenoxy) is 1. The van der Waals surface area contributed by atoms with Gasteiger partial charge in [0.2, 0.25) is 5.91 Å². The number of sulfonamides is 1.